The molecule has 0 aliphatic carbocycles. The third kappa shape index (κ3) is 3.21. The molecule has 0 aliphatic rings. The summed E-state index contributed by atoms with van der Waals surface area (Å²) in [6.45, 7) is 4.19. The van der Waals surface area contributed by atoms with Crippen LogP contribution in [0.3, 0.4) is 0 Å². The molecule has 0 fully saturated rings. The molecule has 1 N–H and O–H groups in total. The molecule has 108 valence electrons. The van der Waals surface area contributed by atoms with Crippen molar-refractivity contribution >= 4 is 0 Å². The molecule has 0 bridgehead atoms. The van der Waals surface area contributed by atoms with Crippen molar-refractivity contribution in [2.75, 3.05) is 0 Å². The molecule has 0 saturated heterocycles. The van der Waals surface area contributed by atoms with E-state index >= 15 is 0 Å². The smallest absolute Gasteiger partial charge is 0.348 e. The minimum absolute atomic E-state index is 0.322. The van der Waals surface area contributed by atoms with Crippen LogP contribution in [0.15, 0.2) is 30.5 Å². The molecule has 2 aromatic rings. The van der Waals surface area contributed by atoms with Gasteiger partial charge in [-0.15, -0.1) is 0 Å². The quantitative estimate of drug-likeness (QED) is 0.840. The van der Waals surface area contributed by atoms with Crippen LogP contribution in [-0.2, 0) is 6.18 Å². The van der Waals surface area contributed by atoms with Gasteiger partial charge in [-0.2, -0.15) is 13.2 Å². The van der Waals surface area contributed by atoms with Crippen LogP contribution in [0.4, 0.5) is 13.2 Å². The monoisotopic (exact) mass is 282 g/mol. The van der Waals surface area contributed by atoms with Crippen LogP contribution in [0, 0.1) is 0 Å². The molecule has 1 atom stereocenters. The van der Waals surface area contributed by atoms with Crippen LogP contribution in [0.25, 0.3) is 11.3 Å². The first-order chi connectivity index (χ1) is 9.41. The van der Waals surface area contributed by atoms with E-state index in [1.807, 2.05) is 0 Å². The number of H-pyrrole nitrogens is 1. The maximum absolute atomic E-state index is 12.5. The van der Waals surface area contributed by atoms with Crippen molar-refractivity contribution in [1.82, 2.24) is 9.97 Å². The van der Waals surface area contributed by atoms with E-state index in [-0.39, 0.29) is 0 Å². The van der Waals surface area contributed by atoms with Gasteiger partial charge >= 0.3 is 6.18 Å². The molecule has 0 saturated carbocycles. The van der Waals surface area contributed by atoms with Crippen molar-refractivity contribution in [3.05, 3.63) is 41.9 Å². The lowest BCUT2D eigenvalue weighted by atomic mass is 10.1. The Balaban J connectivity index is 2.20. The molecule has 1 aromatic heterocycles. The van der Waals surface area contributed by atoms with Gasteiger partial charge in [0, 0.05) is 17.7 Å². The predicted octanol–water partition coefficient (Wildman–Crippen LogP) is 5.00. The number of benzene rings is 1. The highest BCUT2D eigenvalue weighted by Gasteiger charge is 2.30. The third-order valence-electron chi connectivity index (χ3n) is 3.29. The van der Waals surface area contributed by atoms with Gasteiger partial charge < -0.3 is 4.98 Å². The van der Waals surface area contributed by atoms with E-state index in [1.54, 1.807) is 6.20 Å². The molecule has 0 radical (unpaired) electrons. The average molecular weight is 282 g/mol. The maximum Gasteiger partial charge on any atom is 0.416 e. The maximum atomic E-state index is 12.5. The third-order valence-corrected chi connectivity index (χ3v) is 3.29. The summed E-state index contributed by atoms with van der Waals surface area (Å²) in [7, 11) is 0. The van der Waals surface area contributed by atoms with Gasteiger partial charge in [0.15, 0.2) is 0 Å². The molecular formula is C15H17F3N2. The minimum atomic E-state index is -4.30. The topological polar surface area (TPSA) is 28.7 Å². The van der Waals surface area contributed by atoms with E-state index in [4.69, 9.17) is 0 Å². The standard InChI is InChI=1S/C15H17F3N2/c1-3-4-10(2)14-19-9-13(20-14)11-5-7-12(8-6-11)15(16,17)18/h5-10H,3-4H2,1-2H3,(H,19,20)/t10-/m0/s1. The summed E-state index contributed by atoms with van der Waals surface area (Å²) in [5.74, 6) is 1.20. The first kappa shape index (κ1) is 14.6. The highest BCUT2D eigenvalue weighted by Crippen LogP contribution is 2.31. The van der Waals surface area contributed by atoms with Gasteiger partial charge in [-0.3, -0.25) is 0 Å². The summed E-state index contributed by atoms with van der Waals surface area (Å²) < 4.78 is 37.5. The lowest BCUT2D eigenvalue weighted by Crippen LogP contribution is -2.04. The Hall–Kier alpha value is -1.78. The summed E-state index contributed by atoms with van der Waals surface area (Å²) in [5, 5.41) is 0. The summed E-state index contributed by atoms with van der Waals surface area (Å²) in [6, 6.07) is 5.07. The highest BCUT2D eigenvalue weighted by atomic mass is 19.4. The zero-order valence-corrected chi connectivity index (χ0v) is 11.5. The number of nitrogens with one attached hydrogen (secondary N) is 1. The predicted molar refractivity (Wildman–Crippen MR) is 72.3 cm³/mol. The van der Waals surface area contributed by atoms with Gasteiger partial charge in [0.05, 0.1) is 11.3 Å². The van der Waals surface area contributed by atoms with Crippen LogP contribution < -0.4 is 0 Å². The molecule has 1 heterocycles. The number of rotatable bonds is 4. The van der Waals surface area contributed by atoms with E-state index in [1.165, 1.54) is 12.1 Å². The SMILES string of the molecule is CCC[C@H](C)c1nc(-c2ccc(C(F)(F)F)cc2)c[nH]1. The second kappa shape index (κ2) is 5.69. The fourth-order valence-electron chi connectivity index (χ4n) is 2.14. The number of alkyl halides is 3. The lowest BCUT2D eigenvalue weighted by molar-refractivity contribution is -0.137. The van der Waals surface area contributed by atoms with Gasteiger partial charge in [0.1, 0.15) is 5.82 Å². The van der Waals surface area contributed by atoms with Crippen LogP contribution in [0.5, 0.6) is 0 Å². The fourth-order valence-corrected chi connectivity index (χ4v) is 2.14. The van der Waals surface area contributed by atoms with Gasteiger partial charge in [-0.05, 0) is 18.6 Å². The largest absolute Gasteiger partial charge is 0.416 e. The fraction of sp³-hybridized carbons (Fsp3) is 0.400. The average Bonchev–Trinajstić information content (AvgIpc) is 2.88. The Bertz CT molecular complexity index is 555. The summed E-state index contributed by atoms with van der Waals surface area (Å²) in [6.07, 6.45) is -0.466. The van der Waals surface area contributed by atoms with Crippen molar-refractivity contribution in [3.8, 4) is 11.3 Å². The van der Waals surface area contributed by atoms with Gasteiger partial charge in [-0.1, -0.05) is 32.4 Å². The van der Waals surface area contributed by atoms with E-state index < -0.39 is 11.7 Å². The molecule has 0 spiro atoms. The number of aromatic nitrogens is 2. The summed E-state index contributed by atoms with van der Waals surface area (Å²) in [4.78, 5) is 7.55. The molecule has 0 amide bonds. The van der Waals surface area contributed by atoms with Crippen LogP contribution >= 0.6 is 0 Å². The van der Waals surface area contributed by atoms with Crippen molar-refractivity contribution in [2.24, 2.45) is 0 Å². The molecule has 20 heavy (non-hydrogen) atoms. The summed E-state index contributed by atoms with van der Waals surface area (Å²) >= 11 is 0. The van der Waals surface area contributed by atoms with Gasteiger partial charge in [-0.25, -0.2) is 4.98 Å². The van der Waals surface area contributed by atoms with Crippen LogP contribution in [0.2, 0.25) is 0 Å². The van der Waals surface area contributed by atoms with Crippen LogP contribution in [0.1, 0.15) is 44.0 Å². The van der Waals surface area contributed by atoms with E-state index in [2.05, 4.69) is 23.8 Å². The number of hydrogen-bond acceptors (Lipinski definition) is 1. The molecule has 1 aromatic carbocycles. The van der Waals surface area contributed by atoms with E-state index in [9.17, 15) is 13.2 Å². The van der Waals surface area contributed by atoms with Crippen molar-refractivity contribution in [2.45, 2.75) is 38.8 Å². The number of aromatic amines is 1. The normalized spacial score (nSPS) is 13.4. The molecule has 0 unspecified atom stereocenters. The zero-order chi connectivity index (χ0) is 14.8. The van der Waals surface area contributed by atoms with Crippen LogP contribution in [-0.4, -0.2) is 9.97 Å². The van der Waals surface area contributed by atoms with Crippen molar-refractivity contribution in [3.63, 3.8) is 0 Å². The van der Waals surface area contributed by atoms with Crippen molar-refractivity contribution in [1.29, 1.82) is 0 Å². The lowest BCUT2D eigenvalue weighted by Gasteiger charge is -2.07. The van der Waals surface area contributed by atoms with Crippen molar-refractivity contribution < 1.29 is 13.2 Å². The van der Waals surface area contributed by atoms with E-state index in [0.29, 0.717) is 17.2 Å². The Kier molecular flexibility index (Phi) is 4.16. The Morgan fingerprint density at radius 2 is 1.85 bits per heavy atom. The molecule has 0 aliphatic heterocycles. The molecule has 2 rings (SSSR count). The Morgan fingerprint density at radius 3 is 2.40 bits per heavy atom. The summed E-state index contributed by atoms with van der Waals surface area (Å²) in [5.41, 5.74) is 0.720. The Labute approximate surface area is 116 Å². The number of hydrogen-bond donors (Lipinski definition) is 1. The highest BCUT2D eigenvalue weighted by molar-refractivity contribution is 5.59. The molecular weight excluding hydrogens is 265 g/mol. The first-order valence-electron chi connectivity index (χ1n) is 6.64. The minimum Gasteiger partial charge on any atom is -0.348 e. The van der Waals surface area contributed by atoms with E-state index in [0.717, 1.165) is 30.8 Å². The zero-order valence-electron chi connectivity index (χ0n) is 11.5. The number of halogens is 3. The molecule has 5 heteroatoms. The number of nitrogens with zero attached hydrogens (tertiary/aromatic N) is 1. The van der Waals surface area contributed by atoms with Gasteiger partial charge in [0.25, 0.3) is 0 Å². The number of imidazole rings is 1. The second-order valence-corrected chi connectivity index (χ2v) is 4.94. The molecule has 2 nitrogen and oxygen atoms in total. The second-order valence-electron chi connectivity index (χ2n) is 4.94. The Morgan fingerprint density at radius 1 is 1.20 bits per heavy atom. The first-order valence-corrected chi connectivity index (χ1v) is 6.64. The van der Waals surface area contributed by atoms with Gasteiger partial charge in [0.2, 0.25) is 0 Å².